The molecule has 1 aromatic rings. The molecule has 7 heteroatoms. The van der Waals surface area contributed by atoms with Crippen molar-refractivity contribution in [3.63, 3.8) is 0 Å². The van der Waals surface area contributed by atoms with Gasteiger partial charge in [0.05, 0.1) is 6.10 Å². The number of β-amino-alcohol motifs (C(OH)–C–C–N with tert-alkyl or cyclic N) is 1. The first-order chi connectivity index (χ1) is 9.56. The number of carbonyl (C=O) groups excluding carboxylic acids is 1. The summed E-state index contributed by atoms with van der Waals surface area (Å²) in [6.45, 7) is 1.23. The van der Waals surface area contributed by atoms with Crippen molar-refractivity contribution in [2.75, 3.05) is 13.1 Å². The standard InChI is InChI=1S/C13H16N2O4S/c16-9-5-10(12(17)18)15(7-9)13(19)14-3-1-11-8(6-14)2-4-20-11/h2,4,9-10,16H,1,3,5-7H2,(H,17,18)/t9-,10+/m1/s1. The van der Waals surface area contributed by atoms with Crippen LogP contribution in [-0.4, -0.2) is 57.2 Å². The molecule has 1 fully saturated rings. The molecule has 20 heavy (non-hydrogen) atoms. The van der Waals surface area contributed by atoms with Crippen LogP contribution in [0.25, 0.3) is 0 Å². The summed E-state index contributed by atoms with van der Waals surface area (Å²) in [7, 11) is 0. The van der Waals surface area contributed by atoms with Crippen LogP contribution in [0.1, 0.15) is 16.9 Å². The van der Waals surface area contributed by atoms with Gasteiger partial charge in [-0.15, -0.1) is 11.3 Å². The van der Waals surface area contributed by atoms with Crippen molar-refractivity contribution in [3.8, 4) is 0 Å². The van der Waals surface area contributed by atoms with E-state index in [-0.39, 0.29) is 19.0 Å². The minimum atomic E-state index is -1.05. The van der Waals surface area contributed by atoms with Crippen molar-refractivity contribution in [2.45, 2.75) is 31.5 Å². The molecule has 2 amide bonds. The number of fused-ring (bicyclic) bond motifs is 1. The van der Waals surface area contributed by atoms with Crippen molar-refractivity contribution < 1.29 is 19.8 Å². The average Bonchev–Trinajstić information content (AvgIpc) is 3.02. The summed E-state index contributed by atoms with van der Waals surface area (Å²) >= 11 is 1.69. The highest BCUT2D eigenvalue weighted by atomic mass is 32.1. The summed E-state index contributed by atoms with van der Waals surface area (Å²) in [6, 6.07) is 0.805. The number of amides is 2. The van der Waals surface area contributed by atoms with E-state index < -0.39 is 18.1 Å². The number of urea groups is 1. The molecule has 0 aromatic carbocycles. The van der Waals surface area contributed by atoms with E-state index in [9.17, 15) is 14.7 Å². The van der Waals surface area contributed by atoms with Crippen LogP contribution in [0.2, 0.25) is 0 Å². The van der Waals surface area contributed by atoms with Crippen molar-refractivity contribution in [1.82, 2.24) is 9.80 Å². The first-order valence-electron chi connectivity index (χ1n) is 6.58. The Morgan fingerprint density at radius 1 is 1.40 bits per heavy atom. The highest BCUT2D eigenvalue weighted by Gasteiger charge is 2.41. The monoisotopic (exact) mass is 296 g/mol. The molecule has 108 valence electrons. The molecule has 3 rings (SSSR count). The lowest BCUT2D eigenvalue weighted by Gasteiger charge is -2.32. The van der Waals surface area contributed by atoms with E-state index in [0.717, 1.165) is 12.0 Å². The van der Waals surface area contributed by atoms with Gasteiger partial charge in [-0.3, -0.25) is 0 Å². The largest absolute Gasteiger partial charge is 0.480 e. The van der Waals surface area contributed by atoms with Crippen LogP contribution in [0.5, 0.6) is 0 Å². The molecule has 2 aliphatic rings. The first kappa shape index (κ1) is 13.4. The normalized spacial score (nSPS) is 25.6. The van der Waals surface area contributed by atoms with Gasteiger partial charge >= 0.3 is 12.0 Å². The Bertz CT molecular complexity index is 544. The lowest BCUT2D eigenvalue weighted by atomic mass is 10.1. The summed E-state index contributed by atoms with van der Waals surface area (Å²) in [4.78, 5) is 27.9. The fraction of sp³-hybridized carbons (Fsp3) is 0.538. The van der Waals surface area contributed by atoms with Gasteiger partial charge in [0.25, 0.3) is 0 Å². The highest BCUT2D eigenvalue weighted by molar-refractivity contribution is 7.10. The smallest absolute Gasteiger partial charge is 0.326 e. The molecule has 2 aliphatic heterocycles. The lowest BCUT2D eigenvalue weighted by Crippen LogP contribution is -2.49. The maximum Gasteiger partial charge on any atom is 0.326 e. The van der Waals surface area contributed by atoms with Crippen LogP contribution >= 0.6 is 11.3 Å². The van der Waals surface area contributed by atoms with Crippen LogP contribution in [0.15, 0.2) is 11.4 Å². The number of nitrogens with zero attached hydrogens (tertiary/aromatic N) is 2. The molecule has 2 atom stereocenters. The van der Waals surface area contributed by atoms with Crippen LogP contribution < -0.4 is 0 Å². The minimum Gasteiger partial charge on any atom is -0.480 e. The van der Waals surface area contributed by atoms with E-state index >= 15 is 0 Å². The second-order valence-corrected chi connectivity index (χ2v) is 6.22. The number of likely N-dealkylation sites (tertiary alicyclic amines) is 1. The van der Waals surface area contributed by atoms with Crippen LogP contribution in [0, 0.1) is 0 Å². The Balaban J connectivity index is 1.74. The molecule has 1 saturated heterocycles. The van der Waals surface area contributed by atoms with Crippen LogP contribution in [0.4, 0.5) is 4.79 Å². The van der Waals surface area contributed by atoms with Gasteiger partial charge in [0.15, 0.2) is 0 Å². The van der Waals surface area contributed by atoms with Gasteiger partial charge in [0, 0.05) is 30.9 Å². The second-order valence-electron chi connectivity index (χ2n) is 5.22. The van der Waals surface area contributed by atoms with Crippen LogP contribution in [-0.2, 0) is 17.8 Å². The Morgan fingerprint density at radius 2 is 2.20 bits per heavy atom. The number of thiophene rings is 1. The van der Waals surface area contributed by atoms with Crippen LogP contribution in [0.3, 0.4) is 0 Å². The van der Waals surface area contributed by atoms with E-state index in [1.54, 1.807) is 16.2 Å². The predicted molar refractivity (Wildman–Crippen MR) is 72.6 cm³/mol. The molecule has 3 heterocycles. The first-order valence-corrected chi connectivity index (χ1v) is 7.46. The number of rotatable bonds is 1. The molecule has 2 N–H and O–H groups in total. The molecule has 0 radical (unpaired) electrons. The van der Waals surface area contributed by atoms with Crippen molar-refractivity contribution in [2.24, 2.45) is 0 Å². The highest BCUT2D eigenvalue weighted by Crippen LogP contribution is 2.26. The average molecular weight is 296 g/mol. The van der Waals surface area contributed by atoms with Crippen molar-refractivity contribution in [3.05, 3.63) is 21.9 Å². The number of aliphatic hydroxyl groups excluding tert-OH is 1. The molecule has 0 aliphatic carbocycles. The quantitative estimate of drug-likeness (QED) is 0.801. The number of aliphatic carboxylic acids is 1. The summed E-state index contributed by atoms with van der Waals surface area (Å²) in [5.74, 6) is -1.05. The Hall–Kier alpha value is -1.60. The summed E-state index contributed by atoms with van der Waals surface area (Å²) < 4.78 is 0. The van der Waals surface area contributed by atoms with E-state index in [0.29, 0.717) is 13.1 Å². The number of hydrogen-bond donors (Lipinski definition) is 2. The third kappa shape index (κ3) is 2.27. The van der Waals surface area contributed by atoms with E-state index in [1.807, 2.05) is 11.4 Å². The fourth-order valence-corrected chi connectivity index (χ4v) is 3.74. The number of carbonyl (C=O) groups is 2. The second kappa shape index (κ2) is 5.06. The predicted octanol–water partition coefficient (Wildman–Crippen LogP) is 0.746. The SMILES string of the molecule is O=C(O)[C@@H]1C[C@@H](O)CN1C(=O)N1CCc2sccc2C1. The van der Waals surface area contributed by atoms with Gasteiger partial charge in [-0.05, 0) is 23.4 Å². The van der Waals surface area contributed by atoms with Crippen molar-refractivity contribution >= 4 is 23.3 Å². The third-order valence-electron chi connectivity index (χ3n) is 3.89. The summed E-state index contributed by atoms with van der Waals surface area (Å²) in [5, 5.41) is 20.8. The minimum absolute atomic E-state index is 0.1000. The maximum atomic E-state index is 12.5. The van der Waals surface area contributed by atoms with Gasteiger partial charge in [0.1, 0.15) is 6.04 Å². The number of aliphatic hydroxyl groups is 1. The zero-order valence-electron chi connectivity index (χ0n) is 10.9. The third-order valence-corrected chi connectivity index (χ3v) is 4.91. The Labute approximate surface area is 120 Å². The Morgan fingerprint density at radius 3 is 2.95 bits per heavy atom. The van der Waals surface area contributed by atoms with Gasteiger partial charge < -0.3 is 20.0 Å². The van der Waals surface area contributed by atoms with Gasteiger partial charge in [-0.1, -0.05) is 0 Å². The zero-order chi connectivity index (χ0) is 14.3. The molecule has 0 saturated carbocycles. The molecular weight excluding hydrogens is 280 g/mol. The number of carboxylic acids is 1. The molecular formula is C13H16N2O4S. The fourth-order valence-electron chi connectivity index (χ4n) is 2.85. The van der Waals surface area contributed by atoms with E-state index in [4.69, 9.17) is 5.11 Å². The zero-order valence-corrected chi connectivity index (χ0v) is 11.7. The molecule has 0 bridgehead atoms. The summed E-state index contributed by atoms with van der Waals surface area (Å²) in [6.07, 6.45) is 0.174. The van der Waals surface area contributed by atoms with E-state index in [1.165, 1.54) is 9.78 Å². The van der Waals surface area contributed by atoms with Gasteiger partial charge in [0.2, 0.25) is 0 Å². The number of carboxylic acid groups (broad SMARTS) is 1. The molecule has 0 unspecified atom stereocenters. The lowest BCUT2D eigenvalue weighted by molar-refractivity contribution is -0.141. The molecule has 0 spiro atoms. The van der Waals surface area contributed by atoms with E-state index in [2.05, 4.69) is 0 Å². The van der Waals surface area contributed by atoms with Crippen molar-refractivity contribution in [1.29, 1.82) is 0 Å². The summed E-state index contributed by atoms with van der Waals surface area (Å²) in [5.41, 5.74) is 1.14. The van der Waals surface area contributed by atoms with Gasteiger partial charge in [-0.25, -0.2) is 9.59 Å². The van der Waals surface area contributed by atoms with Gasteiger partial charge in [-0.2, -0.15) is 0 Å². The molecule has 6 nitrogen and oxygen atoms in total. The number of hydrogen-bond acceptors (Lipinski definition) is 4. The molecule has 1 aromatic heterocycles. The Kier molecular flexibility index (Phi) is 3.39. The topological polar surface area (TPSA) is 81.1 Å². The maximum absolute atomic E-state index is 12.5.